The standard InChI is InChI=1S/C12H14N2O3/c1-12(6-13-11(17)14-7-12)9-4-2-8(3-5-9)10(15)16/h2-5H,6-7H2,1H3,(H,15,16)(H2,13,14,17). The molecule has 1 aromatic carbocycles. The molecule has 17 heavy (non-hydrogen) atoms. The molecule has 1 heterocycles. The first-order valence-electron chi connectivity index (χ1n) is 5.37. The van der Waals surface area contributed by atoms with Crippen molar-refractivity contribution in [3.63, 3.8) is 0 Å². The number of rotatable bonds is 2. The maximum atomic E-state index is 11.0. The van der Waals surface area contributed by atoms with Crippen LogP contribution in [0.3, 0.4) is 0 Å². The summed E-state index contributed by atoms with van der Waals surface area (Å²) >= 11 is 0. The summed E-state index contributed by atoms with van der Waals surface area (Å²) in [5.74, 6) is -0.934. The normalized spacial score (nSPS) is 18.1. The molecule has 3 N–H and O–H groups in total. The summed E-state index contributed by atoms with van der Waals surface area (Å²) in [4.78, 5) is 21.8. The van der Waals surface area contributed by atoms with Crippen LogP contribution in [0.5, 0.6) is 0 Å². The first-order valence-corrected chi connectivity index (χ1v) is 5.37. The van der Waals surface area contributed by atoms with E-state index in [4.69, 9.17) is 5.11 Å². The van der Waals surface area contributed by atoms with Gasteiger partial charge in [-0.3, -0.25) is 0 Å². The number of carbonyl (C=O) groups is 2. The summed E-state index contributed by atoms with van der Waals surface area (Å²) < 4.78 is 0. The monoisotopic (exact) mass is 234 g/mol. The molecule has 2 rings (SSSR count). The number of carboxylic acids is 1. The van der Waals surface area contributed by atoms with Crippen LogP contribution in [-0.2, 0) is 5.41 Å². The van der Waals surface area contributed by atoms with Gasteiger partial charge < -0.3 is 15.7 Å². The number of hydrogen-bond acceptors (Lipinski definition) is 2. The smallest absolute Gasteiger partial charge is 0.335 e. The Morgan fingerprint density at radius 2 is 1.76 bits per heavy atom. The zero-order valence-corrected chi connectivity index (χ0v) is 9.49. The molecule has 0 bridgehead atoms. The number of carboxylic acid groups (broad SMARTS) is 1. The fourth-order valence-electron chi connectivity index (χ4n) is 1.90. The topological polar surface area (TPSA) is 78.4 Å². The van der Waals surface area contributed by atoms with Crippen LogP contribution in [0.2, 0.25) is 0 Å². The van der Waals surface area contributed by atoms with E-state index in [0.717, 1.165) is 5.56 Å². The highest BCUT2D eigenvalue weighted by molar-refractivity contribution is 5.87. The second-order valence-electron chi connectivity index (χ2n) is 4.48. The van der Waals surface area contributed by atoms with E-state index in [2.05, 4.69) is 10.6 Å². The van der Waals surface area contributed by atoms with Crippen LogP contribution in [-0.4, -0.2) is 30.2 Å². The molecule has 5 nitrogen and oxygen atoms in total. The van der Waals surface area contributed by atoms with E-state index in [1.165, 1.54) is 0 Å². The van der Waals surface area contributed by atoms with E-state index in [1.807, 2.05) is 6.92 Å². The van der Waals surface area contributed by atoms with Crippen molar-refractivity contribution in [2.75, 3.05) is 13.1 Å². The number of urea groups is 1. The second kappa shape index (κ2) is 4.08. The predicted octanol–water partition coefficient (Wildman–Crippen LogP) is 0.955. The van der Waals surface area contributed by atoms with E-state index in [-0.39, 0.29) is 17.0 Å². The van der Waals surface area contributed by atoms with Crippen molar-refractivity contribution in [3.05, 3.63) is 35.4 Å². The summed E-state index contributed by atoms with van der Waals surface area (Å²) in [7, 11) is 0. The fourth-order valence-corrected chi connectivity index (χ4v) is 1.90. The van der Waals surface area contributed by atoms with Crippen molar-refractivity contribution in [2.45, 2.75) is 12.3 Å². The highest BCUT2D eigenvalue weighted by Crippen LogP contribution is 2.24. The lowest BCUT2D eigenvalue weighted by Gasteiger charge is -2.34. The summed E-state index contributed by atoms with van der Waals surface area (Å²) in [6.45, 7) is 3.12. The maximum absolute atomic E-state index is 11.0. The first kappa shape index (κ1) is 11.4. The quantitative estimate of drug-likeness (QED) is 0.713. The minimum atomic E-state index is -0.934. The van der Waals surface area contributed by atoms with Gasteiger partial charge in [-0.25, -0.2) is 9.59 Å². The number of carbonyl (C=O) groups excluding carboxylic acids is 1. The molecule has 2 amide bonds. The first-order chi connectivity index (χ1) is 8.01. The second-order valence-corrected chi connectivity index (χ2v) is 4.48. The van der Waals surface area contributed by atoms with Crippen molar-refractivity contribution in [1.82, 2.24) is 10.6 Å². The van der Waals surface area contributed by atoms with Crippen molar-refractivity contribution >= 4 is 12.0 Å². The van der Waals surface area contributed by atoms with Gasteiger partial charge in [0.2, 0.25) is 0 Å². The number of amides is 2. The Morgan fingerprint density at radius 3 is 2.24 bits per heavy atom. The molecule has 0 spiro atoms. The molecule has 5 heteroatoms. The van der Waals surface area contributed by atoms with Crippen molar-refractivity contribution in [1.29, 1.82) is 0 Å². The van der Waals surface area contributed by atoms with E-state index in [0.29, 0.717) is 13.1 Å². The Morgan fingerprint density at radius 1 is 1.24 bits per heavy atom. The van der Waals surface area contributed by atoms with Gasteiger partial charge in [-0.05, 0) is 17.7 Å². The zero-order chi connectivity index (χ0) is 12.5. The highest BCUT2D eigenvalue weighted by atomic mass is 16.4. The van der Waals surface area contributed by atoms with Crippen molar-refractivity contribution < 1.29 is 14.7 Å². The van der Waals surface area contributed by atoms with Gasteiger partial charge in [0.25, 0.3) is 0 Å². The summed E-state index contributed by atoms with van der Waals surface area (Å²) in [5.41, 5.74) is 1.07. The Balaban J connectivity index is 2.22. The minimum absolute atomic E-state index is 0.162. The van der Waals surface area contributed by atoms with Crippen LogP contribution in [0.1, 0.15) is 22.8 Å². The minimum Gasteiger partial charge on any atom is -0.478 e. The average Bonchev–Trinajstić information content (AvgIpc) is 2.33. The van der Waals surface area contributed by atoms with Gasteiger partial charge >= 0.3 is 12.0 Å². The molecular weight excluding hydrogens is 220 g/mol. The van der Waals surface area contributed by atoms with Gasteiger partial charge in [0.1, 0.15) is 0 Å². The molecule has 0 atom stereocenters. The Kier molecular flexibility index (Phi) is 2.75. The SMILES string of the molecule is CC1(c2ccc(C(=O)O)cc2)CNC(=O)NC1. The lowest BCUT2D eigenvalue weighted by atomic mass is 9.81. The third-order valence-electron chi connectivity index (χ3n) is 3.11. The molecule has 1 aromatic rings. The van der Waals surface area contributed by atoms with Gasteiger partial charge in [-0.1, -0.05) is 19.1 Å². The molecule has 0 radical (unpaired) electrons. The molecule has 0 aliphatic carbocycles. The maximum Gasteiger partial charge on any atom is 0.335 e. The molecule has 1 saturated heterocycles. The van der Waals surface area contributed by atoms with E-state index in [1.54, 1.807) is 24.3 Å². The van der Waals surface area contributed by atoms with E-state index < -0.39 is 5.97 Å². The van der Waals surface area contributed by atoms with Gasteiger partial charge in [0.15, 0.2) is 0 Å². The molecular formula is C12H14N2O3. The van der Waals surface area contributed by atoms with Crippen LogP contribution in [0.15, 0.2) is 24.3 Å². The summed E-state index contributed by atoms with van der Waals surface area (Å²) in [6.07, 6.45) is 0. The molecule has 1 aliphatic rings. The van der Waals surface area contributed by atoms with Crippen LogP contribution in [0.4, 0.5) is 4.79 Å². The third-order valence-corrected chi connectivity index (χ3v) is 3.11. The zero-order valence-electron chi connectivity index (χ0n) is 9.49. The Hall–Kier alpha value is -2.04. The highest BCUT2D eigenvalue weighted by Gasteiger charge is 2.31. The molecule has 0 unspecified atom stereocenters. The lowest BCUT2D eigenvalue weighted by Crippen LogP contribution is -2.55. The molecule has 1 aliphatic heterocycles. The molecule has 1 fully saturated rings. The molecule has 0 saturated carbocycles. The predicted molar refractivity (Wildman–Crippen MR) is 62.2 cm³/mol. The number of benzene rings is 1. The van der Waals surface area contributed by atoms with Crippen LogP contribution in [0, 0.1) is 0 Å². The summed E-state index contributed by atoms with van der Waals surface area (Å²) in [6, 6.07) is 6.59. The Bertz CT molecular complexity index is 443. The van der Waals surface area contributed by atoms with Gasteiger partial charge in [0, 0.05) is 18.5 Å². The van der Waals surface area contributed by atoms with Gasteiger partial charge in [-0.15, -0.1) is 0 Å². The number of hydrogen-bond donors (Lipinski definition) is 3. The number of nitrogens with one attached hydrogen (secondary N) is 2. The van der Waals surface area contributed by atoms with Crippen LogP contribution in [0.25, 0.3) is 0 Å². The van der Waals surface area contributed by atoms with E-state index in [9.17, 15) is 9.59 Å². The van der Waals surface area contributed by atoms with Gasteiger partial charge in [-0.2, -0.15) is 0 Å². The third kappa shape index (κ3) is 2.22. The largest absolute Gasteiger partial charge is 0.478 e. The summed E-state index contributed by atoms with van der Waals surface area (Å²) in [5, 5.41) is 14.3. The molecule has 0 aromatic heterocycles. The lowest BCUT2D eigenvalue weighted by molar-refractivity contribution is 0.0697. The Labute approximate surface area is 98.8 Å². The van der Waals surface area contributed by atoms with Crippen molar-refractivity contribution in [2.24, 2.45) is 0 Å². The number of aromatic carboxylic acids is 1. The molecule has 90 valence electrons. The van der Waals surface area contributed by atoms with Crippen LogP contribution >= 0.6 is 0 Å². The fraction of sp³-hybridized carbons (Fsp3) is 0.333. The van der Waals surface area contributed by atoms with Gasteiger partial charge in [0.05, 0.1) is 5.56 Å². The van der Waals surface area contributed by atoms with Crippen LogP contribution < -0.4 is 10.6 Å². The van der Waals surface area contributed by atoms with Crippen molar-refractivity contribution in [3.8, 4) is 0 Å². The average molecular weight is 234 g/mol. The van der Waals surface area contributed by atoms with E-state index >= 15 is 0 Å².